The van der Waals surface area contributed by atoms with Gasteiger partial charge in [-0.25, -0.2) is 17.8 Å². The summed E-state index contributed by atoms with van der Waals surface area (Å²) in [6, 6.07) is 20.1. The van der Waals surface area contributed by atoms with Gasteiger partial charge in [0.25, 0.3) is 10.0 Å². The van der Waals surface area contributed by atoms with Crippen molar-refractivity contribution in [1.29, 1.82) is 0 Å². The Morgan fingerprint density at radius 2 is 1.73 bits per heavy atom. The zero-order chi connectivity index (χ0) is 21.1. The fourth-order valence-electron chi connectivity index (χ4n) is 2.93. The number of methoxy groups -OCH3 is 1. The number of rotatable bonds is 6. The lowest BCUT2D eigenvalue weighted by Crippen LogP contribution is -2.14. The van der Waals surface area contributed by atoms with Crippen LogP contribution in [0.25, 0.3) is 21.8 Å². The number of aromatic nitrogens is 1. The molecule has 5 nitrogen and oxygen atoms in total. The Kier molecular flexibility index (Phi) is 5.52. The van der Waals surface area contributed by atoms with Crippen LogP contribution in [-0.2, 0) is 10.0 Å². The second-order valence-corrected chi connectivity index (χ2v) is 8.89. The predicted molar refractivity (Wildman–Crippen MR) is 117 cm³/mol. The minimum Gasteiger partial charge on any atom is -0.495 e. The summed E-state index contributed by atoms with van der Waals surface area (Å²) in [7, 11) is -2.72. The van der Waals surface area contributed by atoms with Crippen molar-refractivity contribution in [2.75, 3.05) is 11.8 Å². The van der Waals surface area contributed by atoms with Gasteiger partial charge >= 0.3 is 0 Å². The van der Waals surface area contributed by atoms with Crippen molar-refractivity contribution >= 4 is 27.0 Å². The normalized spacial score (nSPS) is 11.3. The molecule has 0 fully saturated rings. The van der Waals surface area contributed by atoms with Crippen molar-refractivity contribution in [3.05, 3.63) is 84.0 Å². The molecule has 0 saturated carbocycles. The molecule has 3 aromatic carbocycles. The molecule has 0 atom stereocenters. The van der Waals surface area contributed by atoms with Gasteiger partial charge in [0.05, 0.1) is 12.8 Å². The van der Waals surface area contributed by atoms with Gasteiger partial charge in [-0.15, -0.1) is 11.3 Å². The van der Waals surface area contributed by atoms with Crippen LogP contribution in [0, 0.1) is 5.82 Å². The van der Waals surface area contributed by atoms with E-state index in [0.717, 1.165) is 34.0 Å². The lowest BCUT2D eigenvalue weighted by Gasteiger charge is -2.12. The van der Waals surface area contributed by atoms with Crippen molar-refractivity contribution in [1.82, 2.24) is 4.98 Å². The number of benzene rings is 3. The van der Waals surface area contributed by atoms with Crippen molar-refractivity contribution in [2.45, 2.75) is 4.90 Å². The molecule has 0 spiro atoms. The van der Waals surface area contributed by atoms with Gasteiger partial charge in [-0.1, -0.05) is 42.5 Å². The van der Waals surface area contributed by atoms with Crippen molar-refractivity contribution in [2.24, 2.45) is 0 Å². The van der Waals surface area contributed by atoms with E-state index in [-0.39, 0.29) is 10.6 Å². The number of halogens is 1. The number of nitrogens with one attached hydrogen (secondary N) is 1. The molecule has 0 unspecified atom stereocenters. The molecule has 0 bridgehead atoms. The molecule has 0 aliphatic rings. The van der Waals surface area contributed by atoms with Crippen LogP contribution in [0.3, 0.4) is 0 Å². The number of sulfonamides is 1. The van der Waals surface area contributed by atoms with Crippen LogP contribution >= 0.6 is 11.3 Å². The van der Waals surface area contributed by atoms with Crippen LogP contribution in [0.1, 0.15) is 0 Å². The van der Waals surface area contributed by atoms with Crippen molar-refractivity contribution < 1.29 is 17.5 Å². The van der Waals surface area contributed by atoms with Crippen LogP contribution in [0.2, 0.25) is 0 Å². The first-order chi connectivity index (χ1) is 14.5. The Balaban J connectivity index is 1.63. The third-order valence-electron chi connectivity index (χ3n) is 4.35. The second-order valence-electron chi connectivity index (χ2n) is 6.39. The third-order valence-corrected chi connectivity index (χ3v) is 6.64. The van der Waals surface area contributed by atoms with E-state index in [1.165, 1.54) is 24.5 Å². The Labute approximate surface area is 177 Å². The average molecular weight is 441 g/mol. The zero-order valence-electron chi connectivity index (χ0n) is 15.9. The topological polar surface area (TPSA) is 68.3 Å². The van der Waals surface area contributed by atoms with Gasteiger partial charge in [-0.3, -0.25) is 4.72 Å². The SMILES string of the molecule is COc1ccc(F)cc1S(=O)(=O)Nc1cccc(-c2csc(-c3ccccc3)n2)c1. The minimum atomic E-state index is -4.05. The molecule has 0 radical (unpaired) electrons. The number of anilines is 1. The predicted octanol–water partition coefficient (Wildman–Crippen LogP) is 5.43. The highest BCUT2D eigenvalue weighted by Gasteiger charge is 2.21. The van der Waals surface area contributed by atoms with Gasteiger partial charge in [0.15, 0.2) is 0 Å². The summed E-state index contributed by atoms with van der Waals surface area (Å²) in [6.07, 6.45) is 0. The first kappa shape index (κ1) is 20.1. The van der Waals surface area contributed by atoms with Gasteiger partial charge in [0.2, 0.25) is 0 Å². The van der Waals surface area contributed by atoms with Crippen LogP contribution in [0.5, 0.6) is 5.75 Å². The fourth-order valence-corrected chi connectivity index (χ4v) is 5.00. The molecule has 1 aromatic heterocycles. The summed E-state index contributed by atoms with van der Waals surface area (Å²) in [5.74, 6) is -0.604. The molecule has 0 amide bonds. The van der Waals surface area contributed by atoms with E-state index in [1.54, 1.807) is 18.2 Å². The average Bonchev–Trinajstić information content (AvgIpc) is 3.25. The van der Waals surface area contributed by atoms with Gasteiger partial charge in [-0.05, 0) is 30.3 Å². The fraction of sp³-hybridized carbons (Fsp3) is 0.0455. The number of hydrogen-bond donors (Lipinski definition) is 1. The Bertz CT molecular complexity index is 1290. The molecule has 0 aliphatic heterocycles. The molecule has 8 heteroatoms. The number of nitrogens with zero attached hydrogens (tertiary/aromatic N) is 1. The second kappa shape index (κ2) is 8.25. The van der Waals surface area contributed by atoms with E-state index in [9.17, 15) is 12.8 Å². The van der Waals surface area contributed by atoms with E-state index in [4.69, 9.17) is 4.74 Å². The Morgan fingerprint density at radius 1 is 0.967 bits per heavy atom. The van der Waals surface area contributed by atoms with Crippen molar-refractivity contribution in [3.63, 3.8) is 0 Å². The summed E-state index contributed by atoms with van der Waals surface area (Å²) in [4.78, 5) is 4.39. The van der Waals surface area contributed by atoms with Gasteiger partial charge in [-0.2, -0.15) is 0 Å². The molecular weight excluding hydrogens is 423 g/mol. The first-order valence-corrected chi connectivity index (χ1v) is 11.3. The van der Waals surface area contributed by atoms with Gasteiger partial charge in [0.1, 0.15) is 21.5 Å². The largest absolute Gasteiger partial charge is 0.495 e. The van der Waals surface area contributed by atoms with Crippen LogP contribution < -0.4 is 9.46 Å². The third kappa shape index (κ3) is 4.19. The summed E-state index contributed by atoms with van der Waals surface area (Å²) >= 11 is 1.51. The maximum absolute atomic E-state index is 13.6. The maximum Gasteiger partial charge on any atom is 0.265 e. The number of thiazole rings is 1. The molecule has 4 aromatic rings. The maximum atomic E-state index is 13.6. The standard InChI is InChI=1S/C22H17FN2O3S2/c1-28-20-11-10-17(23)13-21(20)30(26,27)25-18-9-5-8-16(12-18)19-14-29-22(24-19)15-6-3-2-4-7-15/h2-14,25H,1H3. The molecule has 1 heterocycles. The van der Waals surface area contributed by atoms with Gasteiger partial charge < -0.3 is 4.74 Å². The minimum absolute atomic E-state index is 0.0621. The number of ether oxygens (including phenoxy) is 1. The number of hydrogen-bond acceptors (Lipinski definition) is 5. The van der Waals surface area contributed by atoms with Gasteiger partial charge in [0, 0.05) is 22.2 Å². The smallest absolute Gasteiger partial charge is 0.265 e. The van der Waals surface area contributed by atoms with Crippen LogP contribution in [0.15, 0.2) is 83.1 Å². The summed E-state index contributed by atoms with van der Waals surface area (Å²) in [5.41, 5.74) is 2.86. The molecular formula is C22H17FN2O3S2. The molecule has 1 N–H and O–H groups in total. The summed E-state index contributed by atoms with van der Waals surface area (Å²) in [5, 5.41) is 2.80. The van der Waals surface area contributed by atoms with E-state index >= 15 is 0 Å². The van der Waals surface area contributed by atoms with Crippen LogP contribution in [0.4, 0.5) is 10.1 Å². The van der Waals surface area contributed by atoms with E-state index in [2.05, 4.69) is 9.71 Å². The highest BCUT2D eigenvalue weighted by Crippen LogP contribution is 2.31. The highest BCUT2D eigenvalue weighted by molar-refractivity contribution is 7.92. The van der Waals surface area contributed by atoms with E-state index in [1.807, 2.05) is 41.8 Å². The summed E-state index contributed by atoms with van der Waals surface area (Å²) in [6.45, 7) is 0. The Morgan fingerprint density at radius 3 is 2.50 bits per heavy atom. The highest BCUT2D eigenvalue weighted by atomic mass is 32.2. The van der Waals surface area contributed by atoms with Crippen LogP contribution in [-0.4, -0.2) is 20.5 Å². The first-order valence-electron chi connectivity index (χ1n) is 8.94. The quantitative estimate of drug-likeness (QED) is 0.434. The molecule has 30 heavy (non-hydrogen) atoms. The lowest BCUT2D eigenvalue weighted by atomic mass is 10.1. The van der Waals surface area contributed by atoms with Crippen molar-refractivity contribution in [3.8, 4) is 27.6 Å². The molecule has 4 rings (SSSR count). The van der Waals surface area contributed by atoms with E-state index < -0.39 is 15.8 Å². The lowest BCUT2D eigenvalue weighted by molar-refractivity contribution is 0.401. The van der Waals surface area contributed by atoms with E-state index in [0.29, 0.717) is 5.69 Å². The summed E-state index contributed by atoms with van der Waals surface area (Å²) < 4.78 is 46.8. The molecule has 152 valence electrons. The zero-order valence-corrected chi connectivity index (χ0v) is 17.5. The Hall–Kier alpha value is -3.23. The molecule has 0 saturated heterocycles. The monoisotopic (exact) mass is 440 g/mol. The molecule has 0 aliphatic carbocycles.